The standard InChI is InChI=1S/C27H44N7O20P3S/c1-27(2,22(41)25(42)30-4-3-16(36)29-5-6-58-18(39)8-14(9-35)7-17(37)38)11-51-57(48,49)54-56(46,47)50-10-15-21(53-55(43,44)45)20(40)26(52-15)34-13-33-19-23(28)31-12-32-24(19)34/h12-15,20-22,26,35,40-41H,3-11H2,1-2H3,(H,29,36)(H,30,42)(H,37,38)(H,46,47)(H,48,49)(H2,28,31,32)(H2,43,44,45)/t14?,15-,20-,21-,22+,26-/m1/s1. The summed E-state index contributed by atoms with van der Waals surface area (Å²) in [6.07, 6.45) is -7.69. The van der Waals surface area contributed by atoms with Gasteiger partial charge in [-0.25, -0.2) is 28.6 Å². The summed E-state index contributed by atoms with van der Waals surface area (Å²) in [5.41, 5.74) is 4.18. The second-order valence-electron chi connectivity index (χ2n) is 13.1. The van der Waals surface area contributed by atoms with Crippen LogP contribution < -0.4 is 16.4 Å². The SMILES string of the molecule is CC(C)(COP(=O)(O)OP(=O)(O)OC[C@H]1O[C@@H](n2cnc3c(N)ncnc32)[C@H](O)[C@@H]1OP(=O)(O)O)[C@@H](O)C(=O)NCCC(=O)NCCSC(=O)CC(CO)CC(=O)O. The van der Waals surface area contributed by atoms with Crippen molar-refractivity contribution in [1.82, 2.24) is 30.2 Å². The Bertz CT molecular complexity index is 1920. The number of aliphatic carboxylic acids is 1. The average molecular weight is 912 g/mol. The van der Waals surface area contributed by atoms with Crippen LogP contribution in [-0.2, 0) is 55.5 Å². The number of imidazole rings is 1. The highest BCUT2D eigenvalue weighted by atomic mass is 32.2. The number of ether oxygens (including phenoxy) is 1. The summed E-state index contributed by atoms with van der Waals surface area (Å²) in [4.78, 5) is 98.2. The van der Waals surface area contributed by atoms with Crippen LogP contribution in [0.4, 0.5) is 5.82 Å². The van der Waals surface area contributed by atoms with Crippen LogP contribution in [0.2, 0.25) is 0 Å². The van der Waals surface area contributed by atoms with Crippen LogP contribution in [0.25, 0.3) is 11.2 Å². The highest BCUT2D eigenvalue weighted by Crippen LogP contribution is 2.61. The number of aliphatic hydroxyl groups is 3. The molecule has 3 rings (SSSR count). The number of amides is 2. The number of carboxylic acids is 1. The minimum atomic E-state index is -5.60. The van der Waals surface area contributed by atoms with Crippen LogP contribution in [0, 0.1) is 11.3 Å². The maximum atomic E-state index is 12.7. The van der Waals surface area contributed by atoms with Crippen LogP contribution in [0.1, 0.15) is 39.3 Å². The van der Waals surface area contributed by atoms with Crippen molar-refractivity contribution >= 4 is 75.1 Å². The van der Waals surface area contributed by atoms with Gasteiger partial charge in [0.05, 0.1) is 26.0 Å². The topological polar surface area (TPSA) is 421 Å². The number of carbonyl (C=O) groups is 4. The molecule has 3 unspecified atom stereocenters. The van der Waals surface area contributed by atoms with Gasteiger partial charge in [0, 0.05) is 49.6 Å². The molecule has 0 aromatic carbocycles. The lowest BCUT2D eigenvalue weighted by Gasteiger charge is -2.30. The number of nitrogens with two attached hydrogens (primary N) is 1. The lowest BCUT2D eigenvalue weighted by atomic mass is 9.87. The molecule has 0 saturated carbocycles. The third kappa shape index (κ3) is 15.2. The van der Waals surface area contributed by atoms with Crippen LogP contribution in [0.5, 0.6) is 0 Å². The number of phosphoric ester groups is 3. The van der Waals surface area contributed by atoms with E-state index >= 15 is 0 Å². The highest BCUT2D eigenvalue weighted by Gasteiger charge is 2.50. The summed E-state index contributed by atoms with van der Waals surface area (Å²) in [7, 11) is -16.5. The smallest absolute Gasteiger partial charge is 0.481 e. The normalized spacial score (nSPS) is 21.8. The van der Waals surface area contributed by atoms with Gasteiger partial charge in [0.25, 0.3) is 0 Å². The Morgan fingerprint density at radius 1 is 1.03 bits per heavy atom. The van der Waals surface area contributed by atoms with Crippen molar-refractivity contribution in [3.63, 3.8) is 0 Å². The molecule has 0 radical (unpaired) electrons. The van der Waals surface area contributed by atoms with Gasteiger partial charge in [0.15, 0.2) is 22.8 Å². The molecule has 0 spiro atoms. The Morgan fingerprint density at radius 3 is 2.34 bits per heavy atom. The van der Waals surface area contributed by atoms with E-state index in [0.717, 1.165) is 29.0 Å². The molecule has 0 bridgehead atoms. The first-order chi connectivity index (χ1) is 26.8. The van der Waals surface area contributed by atoms with Crippen molar-refractivity contribution in [2.45, 2.75) is 63.8 Å². The maximum absolute atomic E-state index is 12.7. The molecule has 1 aliphatic heterocycles. The lowest BCUT2D eigenvalue weighted by Crippen LogP contribution is -2.46. The number of fused-ring (bicyclic) bond motifs is 1. The molecule has 2 aromatic rings. The van der Waals surface area contributed by atoms with Gasteiger partial charge < -0.3 is 61.1 Å². The molecule has 31 heteroatoms. The quantitative estimate of drug-likeness (QED) is 0.0406. The summed E-state index contributed by atoms with van der Waals surface area (Å²) in [5, 5.41) is 43.8. The summed E-state index contributed by atoms with van der Waals surface area (Å²) in [6, 6.07) is 0. The zero-order chi connectivity index (χ0) is 43.6. The van der Waals surface area contributed by atoms with Crippen molar-refractivity contribution in [1.29, 1.82) is 0 Å². The number of anilines is 1. The number of hydrogen-bond donors (Lipinski definition) is 11. The van der Waals surface area contributed by atoms with Crippen molar-refractivity contribution in [3.8, 4) is 0 Å². The number of carboxylic acid groups (broad SMARTS) is 1. The Hall–Kier alpha value is -3.01. The molecule has 2 amide bonds. The number of carbonyl (C=O) groups excluding carboxylic acids is 3. The number of hydrogen-bond acceptors (Lipinski definition) is 20. The van der Waals surface area contributed by atoms with Gasteiger partial charge in [-0.2, -0.15) is 4.31 Å². The molecule has 58 heavy (non-hydrogen) atoms. The molecular weight excluding hydrogens is 867 g/mol. The van der Waals surface area contributed by atoms with Crippen LogP contribution in [0.15, 0.2) is 12.7 Å². The number of aromatic nitrogens is 4. The molecule has 328 valence electrons. The molecule has 8 atom stereocenters. The van der Waals surface area contributed by atoms with Crippen LogP contribution in [-0.4, -0.2) is 145 Å². The number of rotatable bonds is 24. The van der Waals surface area contributed by atoms with Crippen LogP contribution in [0.3, 0.4) is 0 Å². The molecule has 1 aliphatic rings. The number of aliphatic hydroxyl groups excluding tert-OH is 3. The van der Waals surface area contributed by atoms with Gasteiger partial charge in [-0.05, 0) is 0 Å². The van der Waals surface area contributed by atoms with Gasteiger partial charge in [-0.1, -0.05) is 25.6 Å². The first-order valence-corrected chi connectivity index (χ1v) is 22.2. The number of nitrogens with one attached hydrogen (secondary N) is 2. The Morgan fingerprint density at radius 2 is 1.71 bits per heavy atom. The van der Waals surface area contributed by atoms with E-state index in [2.05, 4.69) is 34.4 Å². The highest BCUT2D eigenvalue weighted by molar-refractivity contribution is 8.13. The van der Waals surface area contributed by atoms with Crippen molar-refractivity contribution in [2.24, 2.45) is 11.3 Å². The van der Waals surface area contributed by atoms with E-state index in [0.29, 0.717) is 0 Å². The van der Waals surface area contributed by atoms with Crippen molar-refractivity contribution in [3.05, 3.63) is 12.7 Å². The Kier molecular flexibility index (Phi) is 17.9. The molecular formula is C27H44N7O20P3S. The van der Waals surface area contributed by atoms with E-state index in [1.807, 2.05) is 0 Å². The third-order valence-corrected chi connectivity index (χ3v) is 11.9. The van der Waals surface area contributed by atoms with E-state index in [4.69, 9.17) is 24.6 Å². The number of nitrogen functional groups attached to an aromatic ring is 1. The van der Waals surface area contributed by atoms with Crippen molar-refractivity contribution < 1.29 is 95.5 Å². The second-order valence-corrected chi connectivity index (χ2v) is 18.5. The Labute approximate surface area is 332 Å². The predicted molar refractivity (Wildman–Crippen MR) is 195 cm³/mol. The first kappa shape index (κ1) is 49.4. The van der Waals surface area contributed by atoms with Gasteiger partial charge in [0.1, 0.15) is 36.3 Å². The molecule has 0 aliphatic carbocycles. The predicted octanol–water partition coefficient (Wildman–Crippen LogP) is -1.86. The molecule has 12 N–H and O–H groups in total. The fourth-order valence-electron chi connectivity index (χ4n) is 5.04. The lowest BCUT2D eigenvalue weighted by molar-refractivity contribution is -0.139. The van der Waals surface area contributed by atoms with E-state index in [9.17, 15) is 67.8 Å². The minimum absolute atomic E-state index is 0.0157. The fourth-order valence-corrected chi connectivity index (χ4v) is 8.65. The van der Waals surface area contributed by atoms with E-state index < -0.39 is 103 Å². The molecule has 1 saturated heterocycles. The monoisotopic (exact) mass is 911 g/mol. The molecule has 2 aromatic heterocycles. The summed E-state index contributed by atoms with van der Waals surface area (Å²) >= 11 is 0.837. The average Bonchev–Trinajstić information content (AvgIpc) is 3.67. The van der Waals surface area contributed by atoms with Gasteiger partial charge in [-0.15, -0.1) is 0 Å². The summed E-state index contributed by atoms with van der Waals surface area (Å²) in [5.74, 6) is -3.36. The fraction of sp³-hybridized carbons (Fsp3) is 0.667. The van der Waals surface area contributed by atoms with Gasteiger partial charge in [0.2, 0.25) is 11.8 Å². The largest absolute Gasteiger partial charge is 0.481 e. The van der Waals surface area contributed by atoms with Gasteiger partial charge in [-0.3, -0.25) is 37.3 Å². The Balaban J connectivity index is 1.46. The second kappa shape index (κ2) is 21.0. The minimum Gasteiger partial charge on any atom is -0.481 e. The molecule has 1 fully saturated rings. The number of nitrogens with zero attached hydrogens (tertiary/aromatic N) is 4. The summed E-state index contributed by atoms with van der Waals surface area (Å²) < 4.78 is 62.0. The summed E-state index contributed by atoms with van der Waals surface area (Å²) in [6.45, 7) is -0.341. The van der Waals surface area contributed by atoms with Crippen LogP contribution >= 0.6 is 35.2 Å². The van der Waals surface area contributed by atoms with E-state index in [1.165, 1.54) is 13.8 Å². The number of phosphoric acid groups is 3. The molecule has 3 heterocycles. The van der Waals surface area contributed by atoms with Crippen molar-refractivity contribution in [2.75, 3.05) is 44.4 Å². The first-order valence-electron chi connectivity index (χ1n) is 16.7. The van der Waals surface area contributed by atoms with Gasteiger partial charge >= 0.3 is 29.4 Å². The van der Waals surface area contributed by atoms with E-state index in [1.54, 1.807) is 0 Å². The maximum Gasteiger partial charge on any atom is 0.481 e. The zero-order valence-electron chi connectivity index (χ0n) is 30.6. The zero-order valence-corrected chi connectivity index (χ0v) is 34.1. The molecule has 27 nitrogen and oxygen atoms in total. The number of thioether (sulfide) groups is 1. The third-order valence-electron chi connectivity index (χ3n) is 7.94. The van der Waals surface area contributed by atoms with E-state index in [-0.39, 0.29) is 60.2 Å².